The molecule has 1 aromatic heterocycles. The predicted molar refractivity (Wildman–Crippen MR) is 113 cm³/mol. The van der Waals surface area contributed by atoms with Gasteiger partial charge in [0, 0.05) is 36.5 Å². The fourth-order valence-electron chi connectivity index (χ4n) is 6.90. The number of fused-ring (bicyclic) bond motifs is 1. The number of aromatic nitrogens is 2. The molecular formula is C24H28N4O. The summed E-state index contributed by atoms with van der Waals surface area (Å²) in [6, 6.07) is 6.42. The summed E-state index contributed by atoms with van der Waals surface area (Å²) in [7, 11) is 1.92. The maximum absolute atomic E-state index is 13.4. The van der Waals surface area contributed by atoms with E-state index in [0.29, 0.717) is 12.3 Å². The molecule has 0 radical (unpaired) electrons. The monoisotopic (exact) mass is 388 g/mol. The van der Waals surface area contributed by atoms with Crippen molar-refractivity contribution in [3.8, 4) is 11.1 Å². The van der Waals surface area contributed by atoms with E-state index in [9.17, 15) is 4.79 Å². The van der Waals surface area contributed by atoms with Crippen LogP contribution < -0.4 is 5.32 Å². The molecule has 29 heavy (non-hydrogen) atoms. The standard InChI is InChI=1S/C24H28N4O/c1-28-14-20(13-26-28)19-3-2-18-4-5-25-22(21(18)9-19)23(29)27-24-10-15-6-16(11-24)8-17(7-15)12-24/h2-3,9,13-17H,4-8,10-12H2,1H3,(H,27,29). The van der Waals surface area contributed by atoms with Crippen LogP contribution in [0, 0.1) is 17.8 Å². The van der Waals surface area contributed by atoms with Gasteiger partial charge in [-0.05, 0) is 79.9 Å². The van der Waals surface area contributed by atoms with Gasteiger partial charge in [0.1, 0.15) is 5.71 Å². The number of nitrogens with one attached hydrogen (secondary N) is 1. The molecule has 5 nitrogen and oxygen atoms in total. The molecule has 2 heterocycles. The number of rotatable bonds is 3. The van der Waals surface area contributed by atoms with E-state index in [4.69, 9.17) is 4.99 Å². The second kappa shape index (κ2) is 6.28. The summed E-state index contributed by atoms with van der Waals surface area (Å²) in [6.45, 7) is 0.697. The number of benzene rings is 1. The summed E-state index contributed by atoms with van der Waals surface area (Å²) < 4.78 is 1.81. The fraction of sp³-hybridized carbons (Fsp3) is 0.542. The van der Waals surface area contributed by atoms with Crippen LogP contribution in [0.15, 0.2) is 35.6 Å². The van der Waals surface area contributed by atoms with Gasteiger partial charge in [0.05, 0.1) is 6.20 Å². The maximum atomic E-state index is 13.4. The summed E-state index contributed by atoms with van der Waals surface area (Å²) in [5.74, 6) is 2.49. The zero-order valence-corrected chi connectivity index (χ0v) is 17.0. The number of hydrogen-bond acceptors (Lipinski definition) is 3. The molecule has 4 bridgehead atoms. The van der Waals surface area contributed by atoms with Crippen LogP contribution in [0.5, 0.6) is 0 Å². The zero-order chi connectivity index (χ0) is 19.6. The lowest BCUT2D eigenvalue weighted by atomic mass is 9.53. The van der Waals surface area contributed by atoms with Gasteiger partial charge in [-0.3, -0.25) is 14.5 Å². The predicted octanol–water partition coefficient (Wildman–Crippen LogP) is 3.52. The Morgan fingerprint density at radius 2 is 1.83 bits per heavy atom. The zero-order valence-electron chi connectivity index (χ0n) is 17.0. The molecule has 4 aliphatic carbocycles. The van der Waals surface area contributed by atoms with Crippen molar-refractivity contribution < 1.29 is 4.79 Å². The quantitative estimate of drug-likeness (QED) is 0.875. The Morgan fingerprint density at radius 1 is 1.10 bits per heavy atom. The van der Waals surface area contributed by atoms with Crippen molar-refractivity contribution in [2.75, 3.05) is 6.54 Å². The molecular weight excluding hydrogens is 360 g/mol. The van der Waals surface area contributed by atoms with Crippen LogP contribution in [0.25, 0.3) is 11.1 Å². The molecule has 0 saturated heterocycles. The van der Waals surface area contributed by atoms with Crippen LogP contribution >= 0.6 is 0 Å². The van der Waals surface area contributed by atoms with Gasteiger partial charge in [0.25, 0.3) is 5.91 Å². The molecule has 1 amide bonds. The molecule has 5 aliphatic rings. The Balaban J connectivity index is 1.30. The van der Waals surface area contributed by atoms with Gasteiger partial charge in [-0.25, -0.2) is 0 Å². The Labute approximate surface area is 171 Å². The molecule has 7 rings (SSSR count). The number of carbonyl (C=O) groups excluding carboxylic acids is 1. The summed E-state index contributed by atoms with van der Waals surface area (Å²) in [5, 5.41) is 7.80. The third kappa shape index (κ3) is 2.93. The lowest BCUT2D eigenvalue weighted by molar-refractivity contribution is -0.120. The molecule has 4 fully saturated rings. The van der Waals surface area contributed by atoms with Gasteiger partial charge in [0.15, 0.2) is 0 Å². The fourth-order valence-corrected chi connectivity index (χ4v) is 6.90. The number of nitrogens with zero attached hydrogens (tertiary/aromatic N) is 3. The first-order chi connectivity index (χ1) is 14.1. The number of amides is 1. The Hall–Kier alpha value is -2.43. The molecule has 5 heteroatoms. The number of aliphatic imine (C=N–C) groups is 1. The summed E-state index contributed by atoms with van der Waals surface area (Å²) in [6.07, 6.45) is 12.4. The highest BCUT2D eigenvalue weighted by Crippen LogP contribution is 2.55. The molecule has 0 atom stereocenters. The molecule has 1 aliphatic heterocycles. The average Bonchev–Trinajstić information content (AvgIpc) is 3.12. The minimum Gasteiger partial charge on any atom is -0.345 e. The van der Waals surface area contributed by atoms with Crippen LogP contribution in [0.2, 0.25) is 0 Å². The Kier molecular flexibility index (Phi) is 3.78. The topological polar surface area (TPSA) is 59.3 Å². The van der Waals surface area contributed by atoms with Crippen molar-refractivity contribution in [2.24, 2.45) is 29.8 Å². The molecule has 1 N–H and O–H groups in total. The van der Waals surface area contributed by atoms with E-state index in [1.165, 1.54) is 44.1 Å². The number of carbonyl (C=O) groups is 1. The van der Waals surface area contributed by atoms with E-state index in [-0.39, 0.29) is 11.4 Å². The maximum Gasteiger partial charge on any atom is 0.270 e. The number of hydrogen-bond donors (Lipinski definition) is 1. The van der Waals surface area contributed by atoms with E-state index >= 15 is 0 Å². The van der Waals surface area contributed by atoms with Crippen LogP contribution in [0.4, 0.5) is 0 Å². The first kappa shape index (κ1) is 17.4. The van der Waals surface area contributed by atoms with Crippen molar-refractivity contribution in [1.29, 1.82) is 0 Å². The normalized spacial score (nSPS) is 32.0. The number of aryl methyl sites for hydroxylation is 1. The van der Waals surface area contributed by atoms with E-state index < -0.39 is 0 Å². The third-order valence-corrected chi connectivity index (χ3v) is 7.69. The van der Waals surface area contributed by atoms with Gasteiger partial charge >= 0.3 is 0 Å². The second-order valence-corrected chi connectivity index (χ2v) is 9.91. The molecule has 150 valence electrons. The van der Waals surface area contributed by atoms with E-state index in [2.05, 4.69) is 28.6 Å². The SMILES string of the molecule is Cn1cc(-c2ccc3c(c2)C(C(=O)NC24CC5CC(CC(C5)C2)C4)=NCC3)cn1. The lowest BCUT2D eigenvalue weighted by Crippen LogP contribution is -2.61. The highest BCUT2D eigenvalue weighted by atomic mass is 16.2. The largest absolute Gasteiger partial charge is 0.345 e. The summed E-state index contributed by atoms with van der Waals surface area (Å²) in [4.78, 5) is 18.1. The van der Waals surface area contributed by atoms with Crippen molar-refractivity contribution >= 4 is 11.6 Å². The van der Waals surface area contributed by atoms with Crippen molar-refractivity contribution in [2.45, 2.75) is 50.5 Å². The second-order valence-electron chi connectivity index (χ2n) is 9.91. The van der Waals surface area contributed by atoms with E-state index in [0.717, 1.165) is 40.9 Å². The Morgan fingerprint density at radius 3 is 2.48 bits per heavy atom. The summed E-state index contributed by atoms with van der Waals surface area (Å²) in [5.41, 5.74) is 5.04. The van der Waals surface area contributed by atoms with Crippen molar-refractivity contribution in [3.05, 3.63) is 41.7 Å². The average molecular weight is 389 g/mol. The first-order valence-corrected chi connectivity index (χ1v) is 11.1. The van der Waals surface area contributed by atoms with Gasteiger partial charge in [-0.1, -0.05) is 12.1 Å². The first-order valence-electron chi connectivity index (χ1n) is 11.1. The third-order valence-electron chi connectivity index (χ3n) is 7.69. The Bertz CT molecular complexity index is 982. The molecule has 1 aromatic carbocycles. The minimum absolute atomic E-state index is 0.0208. The minimum atomic E-state index is 0.0208. The lowest BCUT2D eigenvalue weighted by Gasteiger charge is -2.56. The van der Waals surface area contributed by atoms with Crippen LogP contribution in [0.1, 0.15) is 49.7 Å². The van der Waals surface area contributed by atoms with Crippen LogP contribution in [-0.4, -0.2) is 33.5 Å². The molecule has 2 aromatic rings. The molecule has 4 saturated carbocycles. The van der Waals surface area contributed by atoms with Gasteiger partial charge in [0.2, 0.25) is 0 Å². The van der Waals surface area contributed by atoms with Crippen LogP contribution in [0.3, 0.4) is 0 Å². The van der Waals surface area contributed by atoms with Gasteiger partial charge in [-0.2, -0.15) is 5.10 Å². The van der Waals surface area contributed by atoms with Crippen molar-refractivity contribution in [3.63, 3.8) is 0 Å². The summed E-state index contributed by atoms with van der Waals surface area (Å²) >= 11 is 0. The van der Waals surface area contributed by atoms with Crippen molar-refractivity contribution in [1.82, 2.24) is 15.1 Å². The molecule has 0 spiro atoms. The highest BCUT2D eigenvalue weighted by Gasteiger charge is 2.51. The van der Waals surface area contributed by atoms with Gasteiger partial charge in [-0.15, -0.1) is 0 Å². The highest BCUT2D eigenvalue weighted by molar-refractivity contribution is 6.46. The van der Waals surface area contributed by atoms with Gasteiger partial charge < -0.3 is 5.32 Å². The smallest absolute Gasteiger partial charge is 0.270 e. The van der Waals surface area contributed by atoms with Crippen LogP contribution in [-0.2, 0) is 18.3 Å². The molecule has 0 unspecified atom stereocenters. The van der Waals surface area contributed by atoms with E-state index in [1.54, 1.807) is 0 Å². The van der Waals surface area contributed by atoms with E-state index in [1.807, 2.05) is 24.1 Å².